The van der Waals surface area contributed by atoms with Crippen LogP contribution in [0.25, 0.3) is 0 Å². The molecule has 18 heavy (non-hydrogen) atoms. The van der Waals surface area contributed by atoms with Gasteiger partial charge in [0.25, 0.3) is 0 Å². The van der Waals surface area contributed by atoms with Gasteiger partial charge in [-0.2, -0.15) is 5.26 Å². The monoisotopic (exact) mass is 245 g/mol. The van der Waals surface area contributed by atoms with Gasteiger partial charge < -0.3 is 11.1 Å². The van der Waals surface area contributed by atoms with Crippen LogP contribution in [-0.4, -0.2) is 11.9 Å². The van der Waals surface area contributed by atoms with E-state index in [-0.39, 0.29) is 17.9 Å². The number of carbonyl (C=O) groups excluding carboxylic acids is 1. The molecule has 0 fully saturated rings. The van der Waals surface area contributed by atoms with Gasteiger partial charge in [-0.3, -0.25) is 4.79 Å². The fourth-order valence-corrected chi connectivity index (χ4v) is 1.54. The summed E-state index contributed by atoms with van der Waals surface area (Å²) in [6.45, 7) is 5.72. The molecule has 1 unspecified atom stereocenters. The fraction of sp³-hybridized carbons (Fsp3) is 0.429. The molecule has 1 aromatic carbocycles. The predicted molar refractivity (Wildman–Crippen MR) is 70.5 cm³/mol. The van der Waals surface area contributed by atoms with Crippen LogP contribution in [0.3, 0.4) is 0 Å². The molecule has 96 valence electrons. The summed E-state index contributed by atoms with van der Waals surface area (Å²) in [4.78, 5) is 11.8. The van der Waals surface area contributed by atoms with E-state index in [1.165, 1.54) is 0 Å². The van der Waals surface area contributed by atoms with Gasteiger partial charge in [-0.05, 0) is 30.5 Å². The quantitative estimate of drug-likeness (QED) is 0.847. The molecule has 0 heterocycles. The summed E-state index contributed by atoms with van der Waals surface area (Å²) < 4.78 is 0. The smallest absolute Gasteiger partial charge is 0.237 e. The van der Waals surface area contributed by atoms with Crippen molar-refractivity contribution < 1.29 is 4.79 Å². The summed E-state index contributed by atoms with van der Waals surface area (Å²) in [6.07, 6.45) is 0. The number of benzene rings is 1. The Kier molecular flexibility index (Phi) is 4.87. The third-order valence-electron chi connectivity index (χ3n) is 2.92. The standard InChI is InChI=1S/C14H19N3O/c1-9(2)13(16)14(18)17-10(3)12-6-4-11(8-15)5-7-12/h4-7,9-10,13H,16H2,1-3H3,(H,17,18)/t10?,13-/m1/s1. The van der Waals surface area contributed by atoms with Crippen LogP contribution in [0.15, 0.2) is 24.3 Å². The second kappa shape index (κ2) is 6.18. The number of hydrogen-bond acceptors (Lipinski definition) is 3. The summed E-state index contributed by atoms with van der Waals surface area (Å²) in [7, 11) is 0. The molecular formula is C14H19N3O. The number of nitrogens with zero attached hydrogens (tertiary/aromatic N) is 1. The summed E-state index contributed by atoms with van der Waals surface area (Å²) in [5.74, 6) is -0.0416. The Bertz CT molecular complexity index is 445. The molecule has 0 radical (unpaired) electrons. The van der Waals surface area contributed by atoms with Crippen molar-refractivity contribution in [3.8, 4) is 6.07 Å². The maximum absolute atomic E-state index is 11.8. The molecule has 1 amide bonds. The fourth-order valence-electron chi connectivity index (χ4n) is 1.54. The number of nitriles is 1. The van der Waals surface area contributed by atoms with E-state index < -0.39 is 6.04 Å². The molecule has 0 aliphatic rings. The number of amides is 1. The van der Waals surface area contributed by atoms with E-state index in [2.05, 4.69) is 11.4 Å². The van der Waals surface area contributed by atoms with Gasteiger partial charge in [-0.15, -0.1) is 0 Å². The first-order valence-electron chi connectivity index (χ1n) is 6.01. The zero-order valence-electron chi connectivity index (χ0n) is 11.0. The highest BCUT2D eigenvalue weighted by atomic mass is 16.2. The highest BCUT2D eigenvalue weighted by Gasteiger charge is 2.19. The Labute approximate surface area is 108 Å². The van der Waals surface area contributed by atoms with Crippen LogP contribution in [0, 0.1) is 17.2 Å². The lowest BCUT2D eigenvalue weighted by Gasteiger charge is -2.20. The largest absolute Gasteiger partial charge is 0.348 e. The Morgan fingerprint density at radius 2 is 1.83 bits per heavy atom. The lowest BCUT2D eigenvalue weighted by Crippen LogP contribution is -2.44. The van der Waals surface area contributed by atoms with Crippen molar-refractivity contribution in [3.05, 3.63) is 35.4 Å². The van der Waals surface area contributed by atoms with Gasteiger partial charge in [0.15, 0.2) is 0 Å². The zero-order valence-corrected chi connectivity index (χ0v) is 11.0. The minimum absolute atomic E-state index is 0.109. The SMILES string of the molecule is CC(NC(=O)[C@H](N)C(C)C)c1ccc(C#N)cc1. The van der Waals surface area contributed by atoms with Gasteiger partial charge in [0.05, 0.1) is 23.7 Å². The minimum atomic E-state index is -0.495. The molecular weight excluding hydrogens is 226 g/mol. The van der Waals surface area contributed by atoms with Crippen molar-refractivity contribution in [1.29, 1.82) is 5.26 Å². The zero-order chi connectivity index (χ0) is 13.7. The van der Waals surface area contributed by atoms with E-state index in [0.29, 0.717) is 5.56 Å². The average Bonchev–Trinajstić information content (AvgIpc) is 2.37. The van der Waals surface area contributed by atoms with Crippen LogP contribution in [0.4, 0.5) is 0 Å². The van der Waals surface area contributed by atoms with E-state index in [1.807, 2.05) is 32.9 Å². The van der Waals surface area contributed by atoms with Crippen molar-refractivity contribution in [1.82, 2.24) is 5.32 Å². The topological polar surface area (TPSA) is 78.9 Å². The molecule has 1 rings (SSSR count). The van der Waals surface area contributed by atoms with Gasteiger partial charge in [0, 0.05) is 0 Å². The van der Waals surface area contributed by atoms with Gasteiger partial charge in [-0.25, -0.2) is 0 Å². The predicted octanol–water partition coefficient (Wildman–Crippen LogP) is 1.72. The number of carbonyl (C=O) groups is 1. The number of nitrogens with one attached hydrogen (secondary N) is 1. The van der Waals surface area contributed by atoms with E-state index in [9.17, 15) is 4.79 Å². The molecule has 0 aliphatic heterocycles. The maximum Gasteiger partial charge on any atom is 0.237 e. The first-order chi connectivity index (χ1) is 8.45. The first-order valence-corrected chi connectivity index (χ1v) is 6.01. The lowest BCUT2D eigenvalue weighted by atomic mass is 10.0. The Balaban J connectivity index is 2.67. The third-order valence-corrected chi connectivity index (χ3v) is 2.92. The van der Waals surface area contributed by atoms with Crippen LogP contribution in [-0.2, 0) is 4.79 Å². The molecule has 0 spiro atoms. The molecule has 1 aromatic rings. The number of nitrogens with two attached hydrogens (primary N) is 1. The lowest BCUT2D eigenvalue weighted by molar-refractivity contribution is -0.123. The van der Waals surface area contributed by atoms with Gasteiger partial charge in [0.1, 0.15) is 0 Å². The number of rotatable bonds is 4. The van der Waals surface area contributed by atoms with Crippen molar-refractivity contribution in [2.75, 3.05) is 0 Å². The van der Waals surface area contributed by atoms with Gasteiger partial charge in [-0.1, -0.05) is 26.0 Å². The Morgan fingerprint density at radius 3 is 2.28 bits per heavy atom. The van der Waals surface area contributed by atoms with Crippen LogP contribution in [0.5, 0.6) is 0 Å². The summed E-state index contributed by atoms with van der Waals surface area (Å²) >= 11 is 0. The molecule has 4 nitrogen and oxygen atoms in total. The van der Waals surface area contributed by atoms with E-state index in [4.69, 9.17) is 11.0 Å². The summed E-state index contributed by atoms with van der Waals surface area (Å²) in [5.41, 5.74) is 7.34. The molecule has 0 bridgehead atoms. The van der Waals surface area contributed by atoms with Gasteiger partial charge >= 0.3 is 0 Å². The Morgan fingerprint density at radius 1 is 1.28 bits per heavy atom. The Hall–Kier alpha value is -1.86. The van der Waals surface area contributed by atoms with Crippen molar-refractivity contribution >= 4 is 5.91 Å². The molecule has 0 saturated heterocycles. The highest BCUT2D eigenvalue weighted by Crippen LogP contribution is 2.13. The highest BCUT2D eigenvalue weighted by molar-refractivity contribution is 5.82. The third kappa shape index (κ3) is 3.57. The van der Waals surface area contributed by atoms with Crippen LogP contribution in [0.2, 0.25) is 0 Å². The number of hydrogen-bond donors (Lipinski definition) is 2. The molecule has 0 aromatic heterocycles. The van der Waals surface area contributed by atoms with E-state index in [0.717, 1.165) is 5.56 Å². The van der Waals surface area contributed by atoms with Crippen molar-refractivity contribution in [3.63, 3.8) is 0 Å². The van der Waals surface area contributed by atoms with E-state index in [1.54, 1.807) is 12.1 Å². The molecule has 0 saturated carbocycles. The van der Waals surface area contributed by atoms with Crippen LogP contribution >= 0.6 is 0 Å². The normalized spacial score (nSPS) is 13.8. The second-order valence-electron chi connectivity index (χ2n) is 4.73. The van der Waals surface area contributed by atoms with E-state index >= 15 is 0 Å². The molecule has 4 heteroatoms. The minimum Gasteiger partial charge on any atom is -0.348 e. The molecule has 2 atom stereocenters. The van der Waals surface area contributed by atoms with Crippen LogP contribution < -0.4 is 11.1 Å². The van der Waals surface area contributed by atoms with Gasteiger partial charge in [0.2, 0.25) is 5.91 Å². The van der Waals surface area contributed by atoms with Crippen molar-refractivity contribution in [2.24, 2.45) is 11.7 Å². The molecule has 0 aliphatic carbocycles. The maximum atomic E-state index is 11.8. The van der Waals surface area contributed by atoms with Crippen LogP contribution in [0.1, 0.15) is 37.9 Å². The second-order valence-corrected chi connectivity index (χ2v) is 4.73. The summed E-state index contributed by atoms with van der Waals surface area (Å²) in [5, 5.41) is 11.6. The van der Waals surface area contributed by atoms with Crippen molar-refractivity contribution in [2.45, 2.75) is 32.9 Å². The summed E-state index contributed by atoms with van der Waals surface area (Å²) in [6, 6.07) is 8.60. The first kappa shape index (κ1) is 14.2. The molecule has 3 N–H and O–H groups in total. The average molecular weight is 245 g/mol.